The third-order valence-electron chi connectivity index (χ3n) is 3.71. The molecule has 0 fully saturated rings. The van der Waals surface area contributed by atoms with Crippen LogP contribution in [0.2, 0.25) is 0 Å². The lowest BCUT2D eigenvalue weighted by Gasteiger charge is -2.09. The number of aldehydes is 1. The van der Waals surface area contributed by atoms with Gasteiger partial charge in [0.15, 0.2) is 0 Å². The highest BCUT2D eigenvalue weighted by Crippen LogP contribution is 2.24. The highest BCUT2D eigenvalue weighted by molar-refractivity contribution is 5.92. The summed E-state index contributed by atoms with van der Waals surface area (Å²) in [6.07, 6.45) is 4.25. The Labute approximate surface area is 143 Å². The van der Waals surface area contributed by atoms with Crippen LogP contribution in [0.3, 0.4) is 0 Å². The van der Waals surface area contributed by atoms with Gasteiger partial charge in [0, 0.05) is 22.8 Å². The summed E-state index contributed by atoms with van der Waals surface area (Å²) in [5.74, 6) is 1.12. The molecule has 2 heterocycles. The Morgan fingerprint density at radius 3 is 2.72 bits per heavy atom. The molecular weight excluding hydrogens is 316 g/mol. The summed E-state index contributed by atoms with van der Waals surface area (Å²) in [7, 11) is 0. The summed E-state index contributed by atoms with van der Waals surface area (Å²) in [6.45, 7) is 0. The molecule has 0 bridgehead atoms. The number of carbonyl (C=O) groups excluding carboxylic acids is 1. The molecule has 0 atom stereocenters. The van der Waals surface area contributed by atoms with Gasteiger partial charge in [-0.2, -0.15) is 10.1 Å². The molecule has 0 spiro atoms. The first kappa shape index (κ1) is 14.8. The van der Waals surface area contributed by atoms with Crippen LogP contribution in [-0.2, 0) is 0 Å². The SMILES string of the molecule is O=Cc1ccc(Nc2nccc(Nc3cccc4[nH]ncc34)n2)cc1. The first-order chi connectivity index (χ1) is 12.3. The van der Waals surface area contributed by atoms with Crippen molar-refractivity contribution in [3.63, 3.8) is 0 Å². The van der Waals surface area contributed by atoms with Gasteiger partial charge in [-0.15, -0.1) is 0 Å². The van der Waals surface area contributed by atoms with Crippen LogP contribution in [0.5, 0.6) is 0 Å². The maximum Gasteiger partial charge on any atom is 0.229 e. The number of benzene rings is 2. The largest absolute Gasteiger partial charge is 0.339 e. The molecule has 2 aromatic carbocycles. The Hall–Kier alpha value is -3.74. The van der Waals surface area contributed by atoms with E-state index in [2.05, 4.69) is 30.8 Å². The molecule has 2 aromatic heterocycles. The normalized spacial score (nSPS) is 10.6. The quantitative estimate of drug-likeness (QED) is 0.483. The third-order valence-corrected chi connectivity index (χ3v) is 3.71. The number of fused-ring (bicyclic) bond motifs is 1. The van der Waals surface area contributed by atoms with Crippen molar-refractivity contribution in [2.75, 3.05) is 10.6 Å². The fourth-order valence-electron chi connectivity index (χ4n) is 2.48. The molecule has 122 valence electrons. The number of aromatic amines is 1. The van der Waals surface area contributed by atoms with Crippen molar-refractivity contribution < 1.29 is 4.79 Å². The number of H-pyrrole nitrogens is 1. The first-order valence-electron chi connectivity index (χ1n) is 7.66. The van der Waals surface area contributed by atoms with Gasteiger partial charge in [-0.1, -0.05) is 6.07 Å². The number of anilines is 4. The van der Waals surface area contributed by atoms with E-state index < -0.39 is 0 Å². The summed E-state index contributed by atoms with van der Waals surface area (Å²) in [5, 5.41) is 14.4. The molecule has 0 saturated carbocycles. The van der Waals surface area contributed by atoms with Gasteiger partial charge in [-0.3, -0.25) is 9.89 Å². The van der Waals surface area contributed by atoms with Gasteiger partial charge in [0.25, 0.3) is 0 Å². The molecule has 4 rings (SSSR count). The van der Waals surface area contributed by atoms with Crippen LogP contribution in [0, 0.1) is 0 Å². The van der Waals surface area contributed by atoms with Crippen molar-refractivity contribution in [3.05, 3.63) is 66.5 Å². The van der Waals surface area contributed by atoms with Crippen LogP contribution in [0.4, 0.5) is 23.1 Å². The van der Waals surface area contributed by atoms with E-state index in [0.29, 0.717) is 17.3 Å². The molecule has 7 heteroatoms. The molecule has 0 unspecified atom stereocenters. The van der Waals surface area contributed by atoms with E-state index >= 15 is 0 Å². The monoisotopic (exact) mass is 330 g/mol. The molecule has 3 N–H and O–H groups in total. The topological polar surface area (TPSA) is 95.6 Å². The first-order valence-corrected chi connectivity index (χ1v) is 7.66. The zero-order valence-electron chi connectivity index (χ0n) is 13.1. The highest BCUT2D eigenvalue weighted by Gasteiger charge is 2.05. The van der Waals surface area contributed by atoms with Crippen molar-refractivity contribution >= 4 is 40.3 Å². The van der Waals surface area contributed by atoms with Gasteiger partial charge in [0.2, 0.25) is 5.95 Å². The number of hydrogen-bond acceptors (Lipinski definition) is 6. The van der Waals surface area contributed by atoms with Crippen LogP contribution < -0.4 is 10.6 Å². The van der Waals surface area contributed by atoms with E-state index in [4.69, 9.17) is 0 Å². The molecule has 25 heavy (non-hydrogen) atoms. The van der Waals surface area contributed by atoms with Crippen LogP contribution in [0.25, 0.3) is 10.9 Å². The minimum atomic E-state index is 0.461. The van der Waals surface area contributed by atoms with Crippen molar-refractivity contribution in [2.45, 2.75) is 0 Å². The Bertz CT molecular complexity index is 1030. The van der Waals surface area contributed by atoms with Gasteiger partial charge >= 0.3 is 0 Å². The van der Waals surface area contributed by atoms with Gasteiger partial charge in [-0.05, 0) is 42.5 Å². The fraction of sp³-hybridized carbons (Fsp3) is 0. The Kier molecular flexibility index (Phi) is 3.80. The van der Waals surface area contributed by atoms with E-state index in [9.17, 15) is 4.79 Å². The predicted molar refractivity (Wildman–Crippen MR) is 96.5 cm³/mol. The summed E-state index contributed by atoms with van der Waals surface area (Å²) in [5.41, 5.74) is 3.29. The number of nitrogens with zero attached hydrogens (tertiary/aromatic N) is 3. The van der Waals surface area contributed by atoms with Crippen LogP contribution >= 0.6 is 0 Å². The van der Waals surface area contributed by atoms with Gasteiger partial charge in [-0.25, -0.2) is 4.98 Å². The van der Waals surface area contributed by atoms with Crippen LogP contribution in [-0.4, -0.2) is 26.5 Å². The van der Waals surface area contributed by atoms with Gasteiger partial charge in [0.1, 0.15) is 12.1 Å². The molecule has 0 amide bonds. The maximum atomic E-state index is 10.7. The summed E-state index contributed by atoms with van der Waals surface area (Å²) in [6, 6.07) is 14.7. The zero-order valence-corrected chi connectivity index (χ0v) is 13.1. The van der Waals surface area contributed by atoms with E-state index in [0.717, 1.165) is 28.6 Å². The molecule has 0 aliphatic heterocycles. The molecule has 0 radical (unpaired) electrons. The number of hydrogen-bond donors (Lipinski definition) is 3. The molecule has 7 nitrogen and oxygen atoms in total. The second-order valence-electron chi connectivity index (χ2n) is 5.39. The lowest BCUT2D eigenvalue weighted by Crippen LogP contribution is -2.00. The zero-order chi connectivity index (χ0) is 17.1. The molecule has 0 aliphatic carbocycles. The van der Waals surface area contributed by atoms with E-state index in [1.165, 1.54) is 0 Å². The number of rotatable bonds is 5. The Morgan fingerprint density at radius 2 is 1.88 bits per heavy atom. The van der Waals surface area contributed by atoms with Crippen molar-refractivity contribution in [1.29, 1.82) is 0 Å². The number of carbonyl (C=O) groups is 1. The smallest absolute Gasteiger partial charge is 0.229 e. The molecule has 0 aliphatic rings. The Balaban J connectivity index is 1.56. The average Bonchev–Trinajstić information content (AvgIpc) is 3.13. The fourth-order valence-corrected chi connectivity index (χ4v) is 2.48. The molecular formula is C18H14N6O. The number of aromatic nitrogens is 4. The maximum absolute atomic E-state index is 10.7. The lowest BCUT2D eigenvalue weighted by molar-refractivity contribution is 0.112. The third kappa shape index (κ3) is 3.16. The standard InChI is InChI=1S/C18H14N6O/c25-11-12-4-6-13(7-5-12)21-18-19-9-8-17(23-18)22-15-2-1-3-16-14(15)10-20-24-16/h1-11H,(H,20,24)(H2,19,21,22,23). The molecule has 0 saturated heterocycles. The second kappa shape index (κ2) is 6.40. The minimum absolute atomic E-state index is 0.461. The molecule has 4 aromatic rings. The van der Waals surface area contributed by atoms with Crippen LogP contribution in [0.15, 0.2) is 60.9 Å². The lowest BCUT2D eigenvalue weighted by atomic mass is 10.2. The number of nitrogens with one attached hydrogen (secondary N) is 3. The second-order valence-corrected chi connectivity index (χ2v) is 5.39. The van der Waals surface area contributed by atoms with Crippen molar-refractivity contribution in [2.24, 2.45) is 0 Å². The predicted octanol–water partition coefficient (Wildman–Crippen LogP) is 3.65. The van der Waals surface area contributed by atoms with Gasteiger partial charge < -0.3 is 10.6 Å². The summed E-state index contributed by atoms with van der Waals surface area (Å²) in [4.78, 5) is 19.4. The van der Waals surface area contributed by atoms with Gasteiger partial charge in [0.05, 0.1) is 17.4 Å². The van der Waals surface area contributed by atoms with Crippen LogP contribution in [0.1, 0.15) is 10.4 Å². The van der Waals surface area contributed by atoms with Crippen molar-refractivity contribution in [3.8, 4) is 0 Å². The summed E-state index contributed by atoms with van der Waals surface area (Å²) < 4.78 is 0. The highest BCUT2D eigenvalue weighted by atomic mass is 16.1. The summed E-state index contributed by atoms with van der Waals surface area (Å²) >= 11 is 0. The van der Waals surface area contributed by atoms with Crippen molar-refractivity contribution in [1.82, 2.24) is 20.2 Å². The minimum Gasteiger partial charge on any atom is -0.339 e. The average molecular weight is 330 g/mol. The van der Waals surface area contributed by atoms with E-state index in [1.807, 2.05) is 18.2 Å². The van der Waals surface area contributed by atoms with E-state index in [1.54, 1.807) is 42.7 Å². The van der Waals surface area contributed by atoms with E-state index in [-0.39, 0.29) is 0 Å². The Morgan fingerprint density at radius 1 is 1.00 bits per heavy atom.